The molecule has 0 bridgehead atoms. The van der Waals surface area contributed by atoms with E-state index in [4.69, 9.17) is 0 Å². The molecule has 0 amide bonds. The van der Waals surface area contributed by atoms with Crippen molar-refractivity contribution in [3.63, 3.8) is 0 Å². The number of carbonyl (C=O) groups excluding carboxylic acids is 1. The van der Waals surface area contributed by atoms with Gasteiger partial charge in [-0.25, -0.2) is 20.8 Å². The highest BCUT2D eigenvalue weighted by Crippen LogP contribution is 2.36. The Morgan fingerprint density at radius 1 is 1.08 bits per heavy atom. The van der Waals surface area contributed by atoms with Crippen molar-refractivity contribution in [1.29, 1.82) is 0 Å². The minimum absolute atomic E-state index is 0.0766. The monoisotopic (exact) mass is 398 g/mol. The first kappa shape index (κ1) is 18.9. The standard InChI is InChI=1S/C17H22N2O5S2/c1-4-25(21,22)18-13-10-12-15(9-11(13)3)19(26(23,24)5-2)14-7-6-8-16(20)17(12)14/h9-10,18H,4-8H2,1-3H3. The van der Waals surface area contributed by atoms with Crippen LogP contribution in [0.4, 0.5) is 5.69 Å². The van der Waals surface area contributed by atoms with E-state index in [0.29, 0.717) is 52.7 Å². The van der Waals surface area contributed by atoms with Crippen molar-refractivity contribution in [2.45, 2.75) is 40.0 Å². The molecular weight excluding hydrogens is 376 g/mol. The highest BCUT2D eigenvalue weighted by atomic mass is 32.2. The van der Waals surface area contributed by atoms with Crippen LogP contribution in [0.25, 0.3) is 10.9 Å². The number of aromatic nitrogens is 1. The number of aryl methyl sites for hydroxylation is 1. The second-order valence-electron chi connectivity index (χ2n) is 6.45. The number of nitrogens with zero attached hydrogens (tertiary/aromatic N) is 1. The maximum atomic E-state index is 12.7. The molecule has 1 heterocycles. The van der Waals surface area contributed by atoms with Crippen LogP contribution in [0.15, 0.2) is 12.1 Å². The van der Waals surface area contributed by atoms with Crippen LogP contribution < -0.4 is 4.72 Å². The van der Waals surface area contributed by atoms with E-state index in [1.807, 2.05) is 0 Å². The Kier molecular flexibility index (Phi) is 4.64. The number of hydrogen-bond acceptors (Lipinski definition) is 5. The fourth-order valence-corrected chi connectivity index (χ4v) is 5.27. The summed E-state index contributed by atoms with van der Waals surface area (Å²) in [4.78, 5) is 12.5. The van der Waals surface area contributed by atoms with Gasteiger partial charge in [0, 0.05) is 23.1 Å². The van der Waals surface area contributed by atoms with E-state index in [-0.39, 0.29) is 17.3 Å². The molecule has 0 atom stereocenters. The number of rotatable bonds is 5. The van der Waals surface area contributed by atoms with Gasteiger partial charge in [-0.05, 0) is 51.3 Å². The number of nitrogens with one attached hydrogen (secondary N) is 1. The first-order chi connectivity index (χ1) is 12.1. The smallest absolute Gasteiger partial charge is 0.238 e. The minimum Gasteiger partial charge on any atom is -0.294 e. The van der Waals surface area contributed by atoms with Gasteiger partial charge in [0.05, 0.1) is 22.7 Å². The predicted octanol–water partition coefficient (Wildman–Crippen LogP) is 2.43. The number of carbonyl (C=O) groups is 1. The number of Topliss-reactive ketones (excluding diaryl/α,β-unsaturated/α-hetero) is 1. The van der Waals surface area contributed by atoms with Crippen molar-refractivity contribution in [3.05, 3.63) is 29.0 Å². The van der Waals surface area contributed by atoms with E-state index in [1.54, 1.807) is 26.0 Å². The quantitative estimate of drug-likeness (QED) is 0.833. The summed E-state index contributed by atoms with van der Waals surface area (Å²) in [6.45, 7) is 4.81. The summed E-state index contributed by atoms with van der Waals surface area (Å²) >= 11 is 0. The number of fused-ring (bicyclic) bond motifs is 3. The van der Waals surface area contributed by atoms with Gasteiger partial charge >= 0.3 is 0 Å². The first-order valence-electron chi connectivity index (χ1n) is 8.56. The molecule has 0 fully saturated rings. The molecule has 1 N–H and O–H groups in total. The average Bonchev–Trinajstić information content (AvgIpc) is 2.90. The van der Waals surface area contributed by atoms with Gasteiger partial charge in [-0.3, -0.25) is 9.52 Å². The number of benzene rings is 1. The molecule has 7 nitrogen and oxygen atoms in total. The lowest BCUT2D eigenvalue weighted by atomic mass is 9.94. The molecule has 1 aliphatic rings. The Hall–Kier alpha value is -1.87. The highest BCUT2D eigenvalue weighted by Gasteiger charge is 2.30. The molecule has 0 radical (unpaired) electrons. The molecule has 0 saturated carbocycles. The van der Waals surface area contributed by atoms with Crippen molar-refractivity contribution in [2.24, 2.45) is 0 Å². The van der Waals surface area contributed by atoms with Gasteiger partial charge in [-0.15, -0.1) is 0 Å². The lowest BCUT2D eigenvalue weighted by molar-refractivity contribution is 0.0974. The summed E-state index contributed by atoms with van der Waals surface area (Å²) in [5.41, 5.74) is 2.31. The van der Waals surface area contributed by atoms with Crippen LogP contribution in [0, 0.1) is 6.92 Å². The van der Waals surface area contributed by atoms with E-state index >= 15 is 0 Å². The van der Waals surface area contributed by atoms with Crippen LogP contribution >= 0.6 is 0 Å². The molecule has 2 aromatic rings. The lowest BCUT2D eigenvalue weighted by Crippen LogP contribution is -2.20. The fourth-order valence-electron chi connectivity index (χ4n) is 3.34. The number of ketones is 1. The van der Waals surface area contributed by atoms with Gasteiger partial charge in [-0.2, -0.15) is 0 Å². The van der Waals surface area contributed by atoms with Crippen LogP contribution in [-0.4, -0.2) is 38.1 Å². The van der Waals surface area contributed by atoms with Crippen molar-refractivity contribution >= 4 is 42.4 Å². The zero-order valence-corrected chi connectivity index (χ0v) is 16.6. The van der Waals surface area contributed by atoms with E-state index in [9.17, 15) is 21.6 Å². The van der Waals surface area contributed by atoms with E-state index in [1.165, 1.54) is 10.9 Å². The van der Waals surface area contributed by atoms with E-state index in [0.717, 1.165) is 0 Å². The molecule has 0 saturated heterocycles. The lowest BCUT2D eigenvalue weighted by Gasteiger charge is -2.14. The van der Waals surface area contributed by atoms with Gasteiger partial charge < -0.3 is 0 Å². The molecule has 0 unspecified atom stereocenters. The Morgan fingerprint density at radius 3 is 2.38 bits per heavy atom. The molecule has 1 aliphatic carbocycles. The SMILES string of the molecule is CCS(=O)(=O)Nc1cc2c3c(n(S(=O)(=O)CC)c2cc1C)CCCC3=O. The third kappa shape index (κ3) is 3.03. The van der Waals surface area contributed by atoms with E-state index in [2.05, 4.69) is 4.72 Å². The van der Waals surface area contributed by atoms with Crippen molar-refractivity contribution in [2.75, 3.05) is 16.2 Å². The second-order valence-corrected chi connectivity index (χ2v) is 10.6. The summed E-state index contributed by atoms with van der Waals surface area (Å²) in [6.07, 6.45) is 1.47. The van der Waals surface area contributed by atoms with Gasteiger partial charge in [0.1, 0.15) is 0 Å². The maximum absolute atomic E-state index is 12.7. The van der Waals surface area contributed by atoms with Crippen LogP contribution in [0.1, 0.15) is 48.3 Å². The number of sulfonamides is 1. The largest absolute Gasteiger partial charge is 0.294 e. The molecule has 9 heteroatoms. The summed E-state index contributed by atoms with van der Waals surface area (Å²) in [5.74, 6) is -0.262. The molecule has 26 heavy (non-hydrogen) atoms. The molecule has 1 aromatic carbocycles. The number of anilines is 1. The zero-order valence-electron chi connectivity index (χ0n) is 15.0. The second kappa shape index (κ2) is 6.38. The first-order valence-corrected chi connectivity index (χ1v) is 11.8. The van der Waals surface area contributed by atoms with Crippen molar-refractivity contribution in [1.82, 2.24) is 3.97 Å². The van der Waals surface area contributed by atoms with E-state index < -0.39 is 20.0 Å². The van der Waals surface area contributed by atoms with Gasteiger partial charge in [0.15, 0.2) is 5.78 Å². The Bertz CT molecular complexity index is 1110. The summed E-state index contributed by atoms with van der Waals surface area (Å²) in [7, 11) is -7.07. The normalized spacial score (nSPS) is 15.3. The van der Waals surface area contributed by atoms with Crippen LogP contribution in [-0.2, 0) is 26.5 Å². The molecule has 3 rings (SSSR count). The summed E-state index contributed by atoms with van der Waals surface area (Å²) in [6, 6.07) is 3.23. The van der Waals surface area contributed by atoms with Gasteiger partial charge in [0.2, 0.25) is 20.0 Å². The van der Waals surface area contributed by atoms with Crippen LogP contribution in [0.5, 0.6) is 0 Å². The molecule has 142 valence electrons. The Labute approximate surface area is 153 Å². The van der Waals surface area contributed by atoms with Gasteiger partial charge in [-0.1, -0.05) is 0 Å². The predicted molar refractivity (Wildman–Crippen MR) is 102 cm³/mol. The zero-order chi connectivity index (χ0) is 19.3. The topological polar surface area (TPSA) is 102 Å². The average molecular weight is 399 g/mol. The van der Waals surface area contributed by atoms with Gasteiger partial charge in [0.25, 0.3) is 0 Å². The third-order valence-electron chi connectivity index (χ3n) is 4.75. The van der Waals surface area contributed by atoms with Crippen molar-refractivity contribution in [3.8, 4) is 0 Å². The minimum atomic E-state index is -3.59. The number of hydrogen-bond donors (Lipinski definition) is 1. The molecule has 0 aliphatic heterocycles. The summed E-state index contributed by atoms with van der Waals surface area (Å²) < 4.78 is 53.0. The molecule has 0 spiro atoms. The Morgan fingerprint density at radius 2 is 1.77 bits per heavy atom. The highest BCUT2D eigenvalue weighted by molar-refractivity contribution is 7.92. The third-order valence-corrected chi connectivity index (χ3v) is 7.74. The molecular formula is C17H22N2O5S2. The van der Waals surface area contributed by atoms with Crippen molar-refractivity contribution < 1.29 is 21.6 Å². The van der Waals surface area contributed by atoms with Crippen LogP contribution in [0.3, 0.4) is 0 Å². The maximum Gasteiger partial charge on any atom is 0.238 e. The van der Waals surface area contributed by atoms with Crippen LogP contribution in [0.2, 0.25) is 0 Å². The summed E-state index contributed by atoms with van der Waals surface area (Å²) in [5, 5.41) is 0.487. The Balaban J connectivity index is 2.38. The fraction of sp³-hybridized carbons (Fsp3) is 0.471. The molecule has 1 aromatic heterocycles.